The smallest absolute Gasteiger partial charge is 0.185 e. The van der Waals surface area contributed by atoms with E-state index < -0.39 is 0 Å². The maximum absolute atomic E-state index is 4.79. The van der Waals surface area contributed by atoms with Gasteiger partial charge in [-0.25, -0.2) is 4.98 Å². The van der Waals surface area contributed by atoms with Crippen molar-refractivity contribution in [3.8, 4) is 0 Å². The van der Waals surface area contributed by atoms with E-state index >= 15 is 0 Å². The van der Waals surface area contributed by atoms with Crippen molar-refractivity contribution in [3.05, 3.63) is 10.6 Å². The first-order valence-corrected chi connectivity index (χ1v) is 7.69. The molecule has 0 radical (unpaired) electrons. The van der Waals surface area contributed by atoms with Crippen LogP contribution in [0.1, 0.15) is 51.1 Å². The van der Waals surface area contributed by atoms with Crippen molar-refractivity contribution in [1.29, 1.82) is 0 Å². The van der Waals surface area contributed by atoms with Gasteiger partial charge >= 0.3 is 0 Å². The van der Waals surface area contributed by atoms with Gasteiger partial charge in [0.2, 0.25) is 0 Å². The fourth-order valence-electron chi connectivity index (χ4n) is 1.90. The van der Waals surface area contributed by atoms with E-state index in [0.717, 1.165) is 19.0 Å². The summed E-state index contributed by atoms with van der Waals surface area (Å²) < 4.78 is 0. The third-order valence-corrected chi connectivity index (χ3v) is 4.47. The second kappa shape index (κ2) is 5.17. The van der Waals surface area contributed by atoms with Crippen LogP contribution in [0.25, 0.3) is 0 Å². The van der Waals surface area contributed by atoms with Gasteiger partial charge in [-0.05, 0) is 40.0 Å². The highest BCUT2D eigenvalue weighted by Crippen LogP contribution is 2.34. The molecule has 18 heavy (non-hydrogen) atoms. The first kappa shape index (κ1) is 13.8. The van der Waals surface area contributed by atoms with Crippen molar-refractivity contribution in [1.82, 2.24) is 10.3 Å². The summed E-state index contributed by atoms with van der Waals surface area (Å²) in [6, 6.07) is 0.740. The van der Waals surface area contributed by atoms with Crippen LogP contribution in [0.2, 0.25) is 0 Å². The Kier molecular flexibility index (Phi) is 3.97. The Balaban J connectivity index is 2.08. The molecule has 0 atom stereocenters. The van der Waals surface area contributed by atoms with Gasteiger partial charge in [0.25, 0.3) is 0 Å². The van der Waals surface area contributed by atoms with E-state index in [1.54, 1.807) is 0 Å². The van der Waals surface area contributed by atoms with Crippen molar-refractivity contribution in [2.45, 2.75) is 65.1 Å². The first-order valence-electron chi connectivity index (χ1n) is 6.87. The van der Waals surface area contributed by atoms with Crippen LogP contribution in [0.5, 0.6) is 0 Å². The predicted octanol–water partition coefficient (Wildman–Crippen LogP) is 3.19. The van der Waals surface area contributed by atoms with Crippen LogP contribution in [0.15, 0.2) is 0 Å². The van der Waals surface area contributed by atoms with Crippen LogP contribution in [-0.4, -0.2) is 23.6 Å². The maximum atomic E-state index is 4.79. The van der Waals surface area contributed by atoms with Gasteiger partial charge in [0.15, 0.2) is 5.13 Å². The quantitative estimate of drug-likeness (QED) is 0.888. The Morgan fingerprint density at radius 3 is 2.56 bits per heavy atom. The zero-order valence-electron chi connectivity index (χ0n) is 12.2. The zero-order chi connectivity index (χ0) is 13.3. The number of thiazole rings is 1. The summed E-state index contributed by atoms with van der Waals surface area (Å²) in [5.74, 6) is 0. The molecule has 2 rings (SSSR count). The minimum atomic E-state index is 0.164. The number of rotatable bonds is 5. The molecule has 0 saturated heterocycles. The highest BCUT2D eigenvalue weighted by Gasteiger charge is 2.28. The molecule has 102 valence electrons. The largest absolute Gasteiger partial charge is 0.348 e. The van der Waals surface area contributed by atoms with Crippen molar-refractivity contribution in [2.75, 3.05) is 11.9 Å². The van der Waals surface area contributed by atoms with E-state index in [1.165, 1.54) is 28.5 Å². The second-order valence-electron chi connectivity index (χ2n) is 6.17. The van der Waals surface area contributed by atoms with Crippen molar-refractivity contribution < 1.29 is 0 Å². The van der Waals surface area contributed by atoms with Gasteiger partial charge in [-0.3, -0.25) is 0 Å². The van der Waals surface area contributed by atoms with Crippen LogP contribution < -0.4 is 10.2 Å². The Hall–Kier alpha value is -0.610. The minimum absolute atomic E-state index is 0.164. The fraction of sp³-hybridized carbons (Fsp3) is 0.786. The molecule has 1 aromatic rings. The summed E-state index contributed by atoms with van der Waals surface area (Å²) in [6.07, 6.45) is 3.68. The van der Waals surface area contributed by atoms with Crippen LogP contribution in [-0.2, 0) is 13.0 Å². The summed E-state index contributed by atoms with van der Waals surface area (Å²) in [7, 11) is 2.18. The van der Waals surface area contributed by atoms with Gasteiger partial charge in [-0.2, -0.15) is 0 Å². The van der Waals surface area contributed by atoms with Crippen LogP contribution in [0.4, 0.5) is 5.13 Å². The number of hydrogen-bond donors (Lipinski definition) is 1. The number of nitrogens with one attached hydrogen (secondary N) is 1. The van der Waals surface area contributed by atoms with E-state index in [4.69, 9.17) is 4.98 Å². The van der Waals surface area contributed by atoms with E-state index in [0.29, 0.717) is 0 Å². The molecule has 1 heterocycles. The van der Waals surface area contributed by atoms with Crippen molar-refractivity contribution in [3.63, 3.8) is 0 Å². The number of hydrogen-bond acceptors (Lipinski definition) is 4. The molecule has 0 aromatic carbocycles. The fourth-order valence-corrected chi connectivity index (χ4v) is 3.02. The molecule has 0 amide bonds. The van der Waals surface area contributed by atoms with Gasteiger partial charge < -0.3 is 10.2 Å². The zero-order valence-corrected chi connectivity index (χ0v) is 13.0. The highest BCUT2D eigenvalue weighted by atomic mass is 32.1. The molecular formula is C14H25N3S. The minimum Gasteiger partial charge on any atom is -0.348 e. The Morgan fingerprint density at radius 1 is 1.39 bits per heavy atom. The molecule has 1 aliphatic rings. The average molecular weight is 267 g/mol. The van der Waals surface area contributed by atoms with E-state index in [2.05, 4.69) is 45.0 Å². The molecule has 1 N–H and O–H groups in total. The molecule has 1 aliphatic carbocycles. The molecule has 0 aliphatic heterocycles. The molecule has 0 unspecified atom stereocenters. The first-order chi connectivity index (χ1) is 8.40. The number of aryl methyl sites for hydroxylation is 1. The van der Waals surface area contributed by atoms with Gasteiger partial charge in [0, 0.05) is 30.1 Å². The normalized spacial score (nSPS) is 16.1. The molecule has 1 aromatic heterocycles. The van der Waals surface area contributed by atoms with Crippen molar-refractivity contribution >= 4 is 16.5 Å². The predicted molar refractivity (Wildman–Crippen MR) is 79.5 cm³/mol. The topological polar surface area (TPSA) is 28.2 Å². The summed E-state index contributed by atoms with van der Waals surface area (Å²) in [4.78, 5) is 8.54. The monoisotopic (exact) mass is 267 g/mol. The van der Waals surface area contributed by atoms with Crippen LogP contribution in [0.3, 0.4) is 0 Å². The second-order valence-corrected chi connectivity index (χ2v) is 7.23. The van der Waals surface area contributed by atoms with Crippen LogP contribution >= 0.6 is 11.3 Å². The van der Waals surface area contributed by atoms with Gasteiger partial charge in [0.05, 0.1) is 5.69 Å². The SMILES string of the molecule is CCc1nc(N(C)C2CC2)sc1CNC(C)(C)C. The number of aromatic nitrogens is 1. The number of anilines is 1. The molecule has 1 saturated carbocycles. The van der Waals surface area contributed by atoms with Gasteiger partial charge in [0.1, 0.15) is 0 Å². The third kappa shape index (κ3) is 3.45. The molecule has 0 bridgehead atoms. The lowest BCUT2D eigenvalue weighted by Gasteiger charge is -2.20. The van der Waals surface area contributed by atoms with Crippen LogP contribution in [0, 0.1) is 0 Å². The summed E-state index contributed by atoms with van der Waals surface area (Å²) in [6.45, 7) is 9.74. The van der Waals surface area contributed by atoms with E-state index in [1.807, 2.05) is 11.3 Å². The number of nitrogens with zero attached hydrogens (tertiary/aromatic N) is 2. The molecule has 4 heteroatoms. The highest BCUT2D eigenvalue weighted by molar-refractivity contribution is 7.15. The lowest BCUT2D eigenvalue weighted by atomic mass is 10.1. The standard InChI is InChI=1S/C14H25N3S/c1-6-11-12(9-15-14(2,3)4)18-13(16-11)17(5)10-7-8-10/h10,15H,6-9H2,1-5H3. The molecule has 0 spiro atoms. The van der Waals surface area contributed by atoms with Gasteiger partial charge in [-0.15, -0.1) is 11.3 Å². The van der Waals surface area contributed by atoms with E-state index in [-0.39, 0.29) is 5.54 Å². The lowest BCUT2D eigenvalue weighted by Crippen LogP contribution is -2.35. The van der Waals surface area contributed by atoms with Crippen molar-refractivity contribution in [2.24, 2.45) is 0 Å². The summed E-state index contributed by atoms with van der Waals surface area (Å²) >= 11 is 1.85. The van der Waals surface area contributed by atoms with E-state index in [9.17, 15) is 0 Å². The summed E-state index contributed by atoms with van der Waals surface area (Å²) in [5.41, 5.74) is 1.43. The lowest BCUT2D eigenvalue weighted by molar-refractivity contribution is 0.425. The Labute approximate surface area is 115 Å². The van der Waals surface area contributed by atoms with Gasteiger partial charge in [-0.1, -0.05) is 6.92 Å². The molecular weight excluding hydrogens is 242 g/mol. The Morgan fingerprint density at radius 2 is 2.06 bits per heavy atom. The molecule has 1 fully saturated rings. The summed E-state index contributed by atoms with van der Waals surface area (Å²) in [5, 5.41) is 4.76. The Bertz CT molecular complexity index is 402. The average Bonchev–Trinajstić information content (AvgIpc) is 3.04. The molecule has 3 nitrogen and oxygen atoms in total. The third-order valence-electron chi connectivity index (χ3n) is 3.28. The maximum Gasteiger partial charge on any atom is 0.185 e.